The van der Waals surface area contributed by atoms with Gasteiger partial charge in [0.15, 0.2) is 12.6 Å². The van der Waals surface area contributed by atoms with Gasteiger partial charge in [-0.05, 0) is 113 Å². The Morgan fingerprint density at radius 3 is 2.30 bits per heavy atom. The molecule has 0 spiro atoms. The van der Waals surface area contributed by atoms with E-state index < -0.39 is 144 Å². The van der Waals surface area contributed by atoms with Crippen molar-refractivity contribution in [1.29, 1.82) is 0 Å². The summed E-state index contributed by atoms with van der Waals surface area (Å²) in [5.74, 6) is -6.16. The SMILES string of the molecule is CC[C@H]1OC(=O)[C@H](C)[C@@H](OC2C[C@@](C)(OC)[C@@H](O)[C@H](C)O2)[C@H](C)C(O[C@@H]2O[C@H](C)C[C@H](N(C)C)[C@H]2O)[C@](C)(O)C[C@@H](C)CN(CCCNC(=O)CCC(=O)OC[C@H]2O[C@@H](C3C=C(C)C(=O)NC3=O)C[C@H]2N=[N+]=[N-])[C@H](C)[C@@H](O)[C@]1(C)O. The molecule has 3 amide bonds. The standard InChI is InChI=1S/C55H93N7O18/c1-15-40-55(11,72)46(66)33(7)62(20-16-19-57-41(63)17-18-42(64)74-27-39-36(59-60-56)23-38(77-39)35-21-29(3)49(68)58-50(35)69)26-28(2)24-53(9,71)48(80-52-44(65)37(61(12)13)22-30(4)75-52)31(5)45(32(6)51(70)78-40)79-43-25-54(10,73-14)47(67)34(8)76-43/h21,28,30-40,43-48,52,65-67,71-72H,15-20,22-27H2,1-14H3,(H,57,63)(H,58,68,69)/t28-,30-,31+,32-,33-,34+,35?,36-,37+,38-,39-,40-,43?,44-,45+,46-,47+,48?,52+,53-,54-,55-/m1/s1. The van der Waals surface area contributed by atoms with E-state index in [2.05, 4.69) is 20.7 Å². The summed E-state index contributed by atoms with van der Waals surface area (Å²) in [6.45, 7) is 19.0. The Labute approximate surface area is 470 Å². The first-order chi connectivity index (χ1) is 37.4. The van der Waals surface area contributed by atoms with Crippen molar-refractivity contribution in [1.82, 2.24) is 20.4 Å². The number of hydrogen-bond acceptors (Lipinski definition) is 21. The van der Waals surface area contributed by atoms with Crippen molar-refractivity contribution >= 4 is 29.7 Å². The molecule has 25 heteroatoms. The number of aliphatic hydroxyl groups is 5. The molecule has 5 rings (SSSR count). The number of cyclic esters (lactones) is 1. The number of rotatable bonds is 18. The summed E-state index contributed by atoms with van der Waals surface area (Å²) in [5, 5.41) is 69.0. The summed E-state index contributed by atoms with van der Waals surface area (Å²) in [6, 6.07) is -1.90. The Morgan fingerprint density at radius 1 is 0.975 bits per heavy atom. The lowest BCUT2D eigenvalue weighted by Gasteiger charge is -2.48. The van der Waals surface area contributed by atoms with Gasteiger partial charge in [-0.2, -0.15) is 0 Å². The fraction of sp³-hybridized carbons (Fsp3) is 0.873. The van der Waals surface area contributed by atoms with Crippen molar-refractivity contribution in [2.45, 2.75) is 236 Å². The summed E-state index contributed by atoms with van der Waals surface area (Å²) in [4.78, 5) is 71.7. The Balaban J connectivity index is 1.33. The second-order valence-corrected chi connectivity index (χ2v) is 24.0. The Bertz CT molecular complexity index is 2200. The molecule has 5 heterocycles. The van der Waals surface area contributed by atoms with Gasteiger partial charge >= 0.3 is 11.9 Å². The van der Waals surface area contributed by atoms with Crippen LogP contribution in [0.2, 0.25) is 0 Å². The van der Waals surface area contributed by atoms with Gasteiger partial charge in [0.05, 0.1) is 66.0 Å². The average Bonchev–Trinajstić information content (AvgIpc) is 3.79. The highest BCUT2D eigenvalue weighted by Gasteiger charge is 2.53. The van der Waals surface area contributed by atoms with Gasteiger partial charge in [-0.3, -0.25) is 34.2 Å². The third-order valence-corrected chi connectivity index (χ3v) is 17.1. The first kappa shape index (κ1) is 66.9. The first-order valence-electron chi connectivity index (χ1n) is 28.3. The third-order valence-electron chi connectivity index (χ3n) is 17.1. The molecule has 0 aliphatic carbocycles. The Morgan fingerprint density at radius 2 is 1.66 bits per heavy atom. The van der Waals surface area contributed by atoms with Crippen LogP contribution in [-0.4, -0.2) is 221 Å². The van der Waals surface area contributed by atoms with Gasteiger partial charge in [-0.25, -0.2) is 0 Å². The molecule has 3 unspecified atom stereocenters. The molecule has 4 saturated heterocycles. The lowest BCUT2D eigenvalue weighted by molar-refractivity contribution is -0.318. The zero-order chi connectivity index (χ0) is 59.8. The van der Waals surface area contributed by atoms with Crippen LogP contribution in [0.4, 0.5) is 0 Å². The molecule has 456 valence electrons. The van der Waals surface area contributed by atoms with E-state index in [9.17, 15) is 49.5 Å². The van der Waals surface area contributed by atoms with Crippen molar-refractivity contribution in [2.75, 3.05) is 47.4 Å². The fourth-order valence-electron chi connectivity index (χ4n) is 12.3. The predicted octanol–water partition coefficient (Wildman–Crippen LogP) is 2.16. The summed E-state index contributed by atoms with van der Waals surface area (Å²) < 4.78 is 49.4. The van der Waals surface area contributed by atoms with E-state index in [0.29, 0.717) is 18.4 Å². The Hall–Kier alpha value is -3.92. The average molecular weight is 1140 g/mol. The maximum absolute atomic E-state index is 14.6. The highest BCUT2D eigenvalue weighted by molar-refractivity contribution is 6.08. The third kappa shape index (κ3) is 16.5. The fourth-order valence-corrected chi connectivity index (χ4v) is 12.3. The van der Waals surface area contributed by atoms with E-state index in [0.717, 1.165) is 0 Å². The maximum atomic E-state index is 14.6. The number of likely N-dealkylation sites (N-methyl/N-ethyl adjacent to an activating group) is 1. The second-order valence-electron chi connectivity index (χ2n) is 24.0. The van der Waals surface area contributed by atoms with Crippen LogP contribution in [0.15, 0.2) is 16.8 Å². The van der Waals surface area contributed by atoms with E-state index in [-0.39, 0.29) is 82.8 Å². The largest absolute Gasteiger partial charge is 0.463 e. The molecular weight excluding hydrogens is 1050 g/mol. The molecule has 22 atom stereocenters. The van der Waals surface area contributed by atoms with Gasteiger partial charge in [0.1, 0.15) is 42.7 Å². The Kier molecular flexibility index (Phi) is 23.9. The van der Waals surface area contributed by atoms with Crippen LogP contribution >= 0.6 is 0 Å². The van der Waals surface area contributed by atoms with Crippen LogP contribution in [0.1, 0.15) is 128 Å². The molecular formula is C55H93N7O18. The highest BCUT2D eigenvalue weighted by Crippen LogP contribution is 2.41. The molecule has 7 N–H and O–H groups in total. The van der Waals surface area contributed by atoms with E-state index in [1.165, 1.54) is 20.1 Å². The molecule has 4 fully saturated rings. The molecule has 0 saturated carbocycles. The summed E-state index contributed by atoms with van der Waals surface area (Å²) in [5.41, 5.74) is 4.67. The van der Waals surface area contributed by atoms with Crippen LogP contribution in [0.5, 0.6) is 0 Å². The van der Waals surface area contributed by atoms with Gasteiger partial charge in [-0.15, -0.1) is 0 Å². The topological polar surface area (TPSA) is 340 Å². The van der Waals surface area contributed by atoms with Crippen LogP contribution in [0.25, 0.3) is 10.4 Å². The van der Waals surface area contributed by atoms with Gasteiger partial charge in [-0.1, -0.05) is 32.0 Å². The minimum absolute atomic E-state index is 0.0615. The van der Waals surface area contributed by atoms with Crippen LogP contribution in [0.3, 0.4) is 0 Å². The van der Waals surface area contributed by atoms with Crippen molar-refractivity contribution in [3.8, 4) is 0 Å². The number of amides is 3. The predicted molar refractivity (Wildman–Crippen MR) is 288 cm³/mol. The molecule has 80 heavy (non-hydrogen) atoms. The molecule has 0 aromatic carbocycles. The molecule has 25 nitrogen and oxygen atoms in total. The molecule has 0 aromatic heterocycles. The number of imide groups is 1. The van der Waals surface area contributed by atoms with E-state index in [1.54, 1.807) is 55.4 Å². The maximum Gasteiger partial charge on any atom is 0.311 e. The van der Waals surface area contributed by atoms with Crippen LogP contribution < -0.4 is 10.6 Å². The number of nitrogens with zero attached hydrogens (tertiary/aromatic N) is 5. The van der Waals surface area contributed by atoms with Crippen molar-refractivity contribution in [3.63, 3.8) is 0 Å². The number of carbonyl (C=O) groups is 5. The number of hydrogen-bond donors (Lipinski definition) is 7. The quantitative estimate of drug-likeness (QED) is 0.0258. The first-order valence-corrected chi connectivity index (χ1v) is 28.3. The number of azide groups is 1. The van der Waals surface area contributed by atoms with Gasteiger partial charge in [0.25, 0.3) is 5.91 Å². The lowest BCUT2D eigenvalue weighted by Crippen LogP contribution is -2.60. The van der Waals surface area contributed by atoms with E-state index >= 15 is 0 Å². The number of methoxy groups -OCH3 is 1. The van der Waals surface area contributed by atoms with Gasteiger partial charge in [0.2, 0.25) is 11.8 Å². The van der Waals surface area contributed by atoms with E-state index in [1.807, 2.05) is 37.7 Å². The van der Waals surface area contributed by atoms with Crippen LogP contribution in [0, 0.1) is 23.7 Å². The second kappa shape index (κ2) is 28.6. The lowest BCUT2D eigenvalue weighted by atomic mass is 9.77. The number of nitrogens with one attached hydrogen (secondary N) is 2. The molecule has 5 aliphatic rings. The van der Waals surface area contributed by atoms with Crippen molar-refractivity contribution in [3.05, 3.63) is 22.1 Å². The number of carbonyl (C=O) groups excluding carboxylic acids is 5. The smallest absolute Gasteiger partial charge is 0.311 e. The number of aliphatic hydroxyl groups excluding tert-OH is 3. The van der Waals surface area contributed by atoms with E-state index in [4.69, 9.17) is 43.4 Å². The minimum Gasteiger partial charge on any atom is -0.463 e. The minimum atomic E-state index is -2.00. The number of esters is 2. The van der Waals surface area contributed by atoms with Crippen molar-refractivity contribution < 1.29 is 87.4 Å². The highest BCUT2D eigenvalue weighted by atomic mass is 16.7. The normalized spacial score (nSPS) is 41.8. The molecule has 0 bridgehead atoms. The summed E-state index contributed by atoms with van der Waals surface area (Å²) in [6.07, 6.45) is -9.90. The number of ether oxygens (including phenoxy) is 8. The molecule has 0 aromatic rings. The zero-order valence-electron chi connectivity index (χ0n) is 49.3. The van der Waals surface area contributed by atoms with Gasteiger partial charge < -0.3 is 73.6 Å². The monoisotopic (exact) mass is 1140 g/mol. The van der Waals surface area contributed by atoms with Gasteiger partial charge in [0, 0.05) is 68.1 Å². The van der Waals surface area contributed by atoms with Crippen LogP contribution in [-0.2, 0) is 61.9 Å². The van der Waals surface area contributed by atoms with Crippen molar-refractivity contribution in [2.24, 2.45) is 28.8 Å². The molecule has 5 aliphatic heterocycles. The molecule has 0 radical (unpaired) electrons. The summed E-state index contributed by atoms with van der Waals surface area (Å²) >= 11 is 0. The summed E-state index contributed by atoms with van der Waals surface area (Å²) in [7, 11) is 5.18. The zero-order valence-corrected chi connectivity index (χ0v) is 49.3.